The van der Waals surface area contributed by atoms with E-state index in [0.717, 1.165) is 5.56 Å². The second-order valence-electron chi connectivity index (χ2n) is 5.93. The first-order chi connectivity index (χ1) is 11.1. The zero-order valence-corrected chi connectivity index (χ0v) is 13.8. The number of carbonyl (C=O) groups excluding carboxylic acids is 1. The predicted octanol–water partition coefficient (Wildman–Crippen LogP) is 1.98. The molecule has 23 heavy (non-hydrogen) atoms. The molecule has 4 heteroatoms. The van der Waals surface area contributed by atoms with Gasteiger partial charge in [0.1, 0.15) is 0 Å². The minimum Gasteiger partial charge on any atom is -0.353 e. The summed E-state index contributed by atoms with van der Waals surface area (Å²) in [5.41, 5.74) is 8.27. The van der Waals surface area contributed by atoms with Gasteiger partial charge in [-0.15, -0.1) is 0 Å². The molecule has 0 fully saturated rings. The van der Waals surface area contributed by atoms with Gasteiger partial charge in [0.05, 0.1) is 12.1 Å². The number of benzene rings is 2. The summed E-state index contributed by atoms with van der Waals surface area (Å²) < 4.78 is 0. The lowest BCUT2D eigenvalue weighted by atomic mass is 10.0. The van der Waals surface area contributed by atoms with Crippen molar-refractivity contribution in [2.75, 3.05) is 20.6 Å². The van der Waals surface area contributed by atoms with Crippen molar-refractivity contribution in [3.05, 3.63) is 71.8 Å². The highest BCUT2D eigenvalue weighted by Gasteiger charge is 2.18. The maximum absolute atomic E-state index is 12.3. The summed E-state index contributed by atoms with van der Waals surface area (Å²) in [7, 11) is 4.02. The van der Waals surface area contributed by atoms with Crippen molar-refractivity contribution in [3.63, 3.8) is 0 Å². The molecule has 0 saturated heterocycles. The van der Waals surface area contributed by atoms with E-state index in [2.05, 4.69) is 22.3 Å². The molecule has 0 heterocycles. The van der Waals surface area contributed by atoms with Gasteiger partial charge in [0.15, 0.2) is 0 Å². The lowest BCUT2D eigenvalue weighted by Gasteiger charge is -2.25. The minimum atomic E-state index is -0.531. The number of rotatable bonds is 7. The molecule has 2 aromatic carbocycles. The summed E-state index contributed by atoms with van der Waals surface area (Å²) in [5, 5.41) is 2.98. The van der Waals surface area contributed by atoms with Crippen LogP contribution in [0, 0.1) is 0 Å². The Morgan fingerprint density at radius 3 is 2.17 bits per heavy atom. The second-order valence-corrected chi connectivity index (χ2v) is 5.93. The third-order valence-corrected chi connectivity index (χ3v) is 3.91. The number of nitrogens with one attached hydrogen (secondary N) is 1. The first-order valence-electron chi connectivity index (χ1n) is 7.86. The number of amides is 1. The Morgan fingerprint density at radius 1 is 1.04 bits per heavy atom. The van der Waals surface area contributed by atoms with Crippen molar-refractivity contribution in [2.45, 2.75) is 18.5 Å². The van der Waals surface area contributed by atoms with Crippen LogP contribution < -0.4 is 11.1 Å². The topological polar surface area (TPSA) is 58.4 Å². The van der Waals surface area contributed by atoms with Gasteiger partial charge in [-0.2, -0.15) is 0 Å². The van der Waals surface area contributed by atoms with Gasteiger partial charge in [-0.3, -0.25) is 4.79 Å². The molecule has 0 aliphatic heterocycles. The van der Waals surface area contributed by atoms with Crippen LogP contribution in [-0.2, 0) is 11.2 Å². The molecule has 122 valence electrons. The highest BCUT2D eigenvalue weighted by molar-refractivity contribution is 5.81. The fraction of sp³-hybridized carbons (Fsp3) is 0.316. The molecule has 3 N–H and O–H groups in total. The fourth-order valence-electron chi connectivity index (χ4n) is 2.56. The summed E-state index contributed by atoms with van der Waals surface area (Å²) in [6.45, 7) is 0.540. The highest BCUT2D eigenvalue weighted by atomic mass is 16.2. The normalized spacial score (nSPS) is 13.6. The van der Waals surface area contributed by atoms with E-state index in [1.807, 2.05) is 62.6 Å². The van der Waals surface area contributed by atoms with Crippen molar-refractivity contribution in [1.82, 2.24) is 10.2 Å². The number of nitrogens with zero attached hydrogens (tertiary/aromatic N) is 1. The van der Waals surface area contributed by atoms with Crippen LogP contribution in [-0.4, -0.2) is 37.5 Å². The molecule has 1 unspecified atom stereocenters. The van der Waals surface area contributed by atoms with E-state index in [1.54, 1.807) is 0 Å². The molecular weight excluding hydrogens is 286 g/mol. The molecule has 0 bridgehead atoms. The molecule has 0 spiro atoms. The number of nitrogens with two attached hydrogens (primary N) is 1. The Bertz CT molecular complexity index is 599. The Labute approximate surface area is 138 Å². The van der Waals surface area contributed by atoms with Crippen molar-refractivity contribution >= 4 is 5.91 Å². The van der Waals surface area contributed by atoms with Crippen molar-refractivity contribution < 1.29 is 4.79 Å². The molecule has 2 aromatic rings. The van der Waals surface area contributed by atoms with E-state index < -0.39 is 6.04 Å². The number of hydrogen-bond acceptors (Lipinski definition) is 3. The van der Waals surface area contributed by atoms with Crippen molar-refractivity contribution in [1.29, 1.82) is 0 Å². The maximum Gasteiger partial charge on any atom is 0.237 e. The molecule has 0 radical (unpaired) electrons. The quantitative estimate of drug-likeness (QED) is 0.822. The third-order valence-electron chi connectivity index (χ3n) is 3.91. The summed E-state index contributed by atoms with van der Waals surface area (Å²) in [6, 6.07) is 19.6. The van der Waals surface area contributed by atoms with Gasteiger partial charge >= 0.3 is 0 Å². The largest absolute Gasteiger partial charge is 0.353 e. The molecule has 0 aromatic heterocycles. The monoisotopic (exact) mass is 311 g/mol. The Hall–Kier alpha value is -2.17. The van der Waals surface area contributed by atoms with Crippen molar-refractivity contribution in [3.8, 4) is 0 Å². The Kier molecular flexibility index (Phi) is 6.32. The zero-order chi connectivity index (χ0) is 16.7. The van der Waals surface area contributed by atoms with Crippen molar-refractivity contribution in [2.24, 2.45) is 5.73 Å². The number of carbonyl (C=O) groups is 1. The smallest absolute Gasteiger partial charge is 0.237 e. The van der Waals surface area contributed by atoms with Gasteiger partial charge in [-0.1, -0.05) is 60.7 Å². The third kappa shape index (κ3) is 5.20. The van der Waals surface area contributed by atoms with E-state index >= 15 is 0 Å². The molecule has 0 aliphatic rings. The SMILES string of the molecule is CN(C)C(CNC(=O)[C@@H](N)Cc1ccccc1)c1ccccc1. The van der Waals surface area contributed by atoms with Crippen LogP contribution in [0.4, 0.5) is 0 Å². The van der Waals surface area contributed by atoms with E-state index in [-0.39, 0.29) is 11.9 Å². The van der Waals surface area contributed by atoms with Gasteiger partial charge in [0.25, 0.3) is 0 Å². The minimum absolute atomic E-state index is 0.114. The van der Waals surface area contributed by atoms with Gasteiger partial charge in [0, 0.05) is 6.54 Å². The van der Waals surface area contributed by atoms with Gasteiger partial charge in [0.2, 0.25) is 5.91 Å². The number of likely N-dealkylation sites (N-methyl/N-ethyl adjacent to an activating group) is 1. The molecule has 0 saturated carbocycles. The second kappa shape index (κ2) is 8.46. The maximum atomic E-state index is 12.3. The van der Waals surface area contributed by atoms with Crippen LogP contribution >= 0.6 is 0 Å². The van der Waals surface area contributed by atoms with Crippen LogP contribution in [0.15, 0.2) is 60.7 Å². The molecule has 2 atom stereocenters. The lowest BCUT2D eigenvalue weighted by molar-refractivity contribution is -0.122. The molecule has 2 rings (SSSR count). The first kappa shape index (κ1) is 17.2. The lowest BCUT2D eigenvalue weighted by Crippen LogP contribution is -2.44. The predicted molar refractivity (Wildman–Crippen MR) is 94.0 cm³/mol. The Morgan fingerprint density at radius 2 is 1.61 bits per heavy atom. The van der Waals surface area contributed by atoms with Gasteiger partial charge in [-0.25, -0.2) is 0 Å². The van der Waals surface area contributed by atoms with E-state index in [9.17, 15) is 4.79 Å². The van der Waals surface area contributed by atoms with Crippen LogP contribution in [0.25, 0.3) is 0 Å². The van der Waals surface area contributed by atoms with Crippen LogP contribution in [0.2, 0.25) is 0 Å². The molecule has 0 aliphatic carbocycles. The summed E-state index contributed by atoms with van der Waals surface area (Å²) >= 11 is 0. The first-order valence-corrected chi connectivity index (χ1v) is 7.86. The molecule has 4 nitrogen and oxygen atoms in total. The van der Waals surface area contributed by atoms with Crippen LogP contribution in [0.3, 0.4) is 0 Å². The fourth-order valence-corrected chi connectivity index (χ4v) is 2.56. The van der Waals surface area contributed by atoms with E-state index in [4.69, 9.17) is 5.73 Å². The molecule has 1 amide bonds. The molecular formula is C19H25N3O. The summed E-state index contributed by atoms with van der Waals surface area (Å²) in [6.07, 6.45) is 0.546. The zero-order valence-electron chi connectivity index (χ0n) is 13.8. The highest BCUT2D eigenvalue weighted by Crippen LogP contribution is 2.16. The van der Waals surface area contributed by atoms with Crippen LogP contribution in [0.5, 0.6) is 0 Å². The average Bonchev–Trinajstić information content (AvgIpc) is 2.56. The standard InChI is InChI=1S/C19H25N3O/c1-22(2)18(16-11-7-4-8-12-16)14-21-19(23)17(20)13-15-9-5-3-6-10-15/h3-12,17-18H,13-14,20H2,1-2H3,(H,21,23)/t17-,18?/m0/s1. The summed E-state index contributed by atoms with van der Waals surface area (Å²) in [4.78, 5) is 14.3. The van der Waals surface area contributed by atoms with E-state index in [0.29, 0.717) is 13.0 Å². The van der Waals surface area contributed by atoms with E-state index in [1.165, 1.54) is 5.56 Å². The van der Waals surface area contributed by atoms with Crippen LogP contribution in [0.1, 0.15) is 17.2 Å². The summed E-state index contributed by atoms with van der Waals surface area (Å²) in [5.74, 6) is -0.114. The van der Waals surface area contributed by atoms with Gasteiger partial charge < -0.3 is 16.0 Å². The van der Waals surface area contributed by atoms with Gasteiger partial charge in [-0.05, 0) is 31.6 Å². The average molecular weight is 311 g/mol. The Balaban J connectivity index is 1.91. The number of hydrogen-bond donors (Lipinski definition) is 2.